The van der Waals surface area contributed by atoms with Gasteiger partial charge in [-0.2, -0.15) is 15.3 Å². The Morgan fingerprint density at radius 3 is 2.88 bits per heavy atom. The summed E-state index contributed by atoms with van der Waals surface area (Å²) in [6.45, 7) is 2.62. The molecule has 1 atom stereocenters. The third-order valence-electron chi connectivity index (χ3n) is 4.65. The number of pyridine rings is 1. The molecule has 0 radical (unpaired) electrons. The second kappa shape index (κ2) is 6.84. The average Bonchev–Trinajstić information content (AvgIpc) is 3.25. The summed E-state index contributed by atoms with van der Waals surface area (Å²) < 4.78 is 0. The number of hydrogen-bond donors (Lipinski definition) is 1. The van der Waals surface area contributed by atoms with Crippen LogP contribution in [0, 0.1) is 12.8 Å². The van der Waals surface area contributed by atoms with Crippen molar-refractivity contribution in [1.29, 1.82) is 0 Å². The van der Waals surface area contributed by atoms with Gasteiger partial charge in [-0.15, -0.1) is 0 Å². The third-order valence-corrected chi connectivity index (χ3v) is 4.87. The molecule has 4 rings (SSSR count). The van der Waals surface area contributed by atoms with E-state index >= 15 is 0 Å². The first kappa shape index (κ1) is 16.7. The van der Waals surface area contributed by atoms with Crippen molar-refractivity contribution in [1.82, 2.24) is 25.4 Å². The lowest BCUT2D eigenvalue weighted by Crippen LogP contribution is -2.28. The summed E-state index contributed by atoms with van der Waals surface area (Å²) in [6, 6.07) is 5.55. The van der Waals surface area contributed by atoms with E-state index in [1.807, 2.05) is 19.1 Å². The van der Waals surface area contributed by atoms with Gasteiger partial charge in [0.05, 0.1) is 18.1 Å². The van der Waals surface area contributed by atoms with Gasteiger partial charge in [0.25, 0.3) is 0 Å². The molecule has 1 fully saturated rings. The number of nitrogens with one attached hydrogen (secondary N) is 1. The van der Waals surface area contributed by atoms with Crippen LogP contribution < -0.4 is 4.90 Å². The minimum Gasteiger partial charge on any atom is -0.295 e. The standard InChI is InChI=1S/C18H17ClN6O/c1-11-8-21-22-10-14(11)15-7-17(24-23-15)25-5-4-13(18(25)26)6-12-2-3-16(19)20-9-12/h2-3,7-10,13H,4-6H2,1H3,(H,23,24). The number of rotatable bonds is 4. The van der Waals surface area contributed by atoms with Crippen molar-refractivity contribution in [3.8, 4) is 11.3 Å². The van der Waals surface area contributed by atoms with Crippen molar-refractivity contribution in [3.05, 3.63) is 53.1 Å². The van der Waals surface area contributed by atoms with Crippen LogP contribution in [-0.4, -0.2) is 37.8 Å². The molecule has 26 heavy (non-hydrogen) atoms. The fraction of sp³-hybridized carbons (Fsp3) is 0.278. The van der Waals surface area contributed by atoms with Gasteiger partial charge in [0, 0.05) is 30.3 Å². The molecule has 1 saturated heterocycles. The average molecular weight is 369 g/mol. The molecule has 0 saturated carbocycles. The van der Waals surface area contributed by atoms with Gasteiger partial charge >= 0.3 is 0 Å². The van der Waals surface area contributed by atoms with Crippen molar-refractivity contribution >= 4 is 23.3 Å². The number of H-pyrrole nitrogens is 1. The topological polar surface area (TPSA) is 87.7 Å². The van der Waals surface area contributed by atoms with E-state index in [9.17, 15) is 4.79 Å². The van der Waals surface area contributed by atoms with Crippen LogP contribution >= 0.6 is 11.6 Å². The van der Waals surface area contributed by atoms with E-state index in [1.165, 1.54) is 0 Å². The summed E-state index contributed by atoms with van der Waals surface area (Å²) in [7, 11) is 0. The van der Waals surface area contributed by atoms with Crippen LogP contribution in [0.15, 0.2) is 36.8 Å². The molecular formula is C18H17ClN6O. The predicted molar refractivity (Wildman–Crippen MR) is 97.8 cm³/mol. The minimum absolute atomic E-state index is 0.0672. The molecular weight excluding hydrogens is 352 g/mol. The number of aromatic amines is 1. The normalized spacial score (nSPS) is 17.1. The third kappa shape index (κ3) is 3.17. The Morgan fingerprint density at radius 1 is 1.27 bits per heavy atom. The maximum Gasteiger partial charge on any atom is 0.231 e. The van der Waals surface area contributed by atoms with Gasteiger partial charge in [-0.3, -0.25) is 14.8 Å². The lowest BCUT2D eigenvalue weighted by atomic mass is 9.99. The molecule has 1 amide bonds. The second-order valence-electron chi connectivity index (χ2n) is 6.39. The molecule has 8 heteroatoms. The van der Waals surface area contributed by atoms with Crippen LogP contribution in [0.5, 0.6) is 0 Å². The fourth-order valence-corrected chi connectivity index (χ4v) is 3.33. The number of carbonyl (C=O) groups is 1. The first-order valence-electron chi connectivity index (χ1n) is 8.36. The summed E-state index contributed by atoms with van der Waals surface area (Å²) in [5.74, 6) is 0.656. The number of amides is 1. The van der Waals surface area contributed by atoms with E-state index in [-0.39, 0.29) is 11.8 Å². The molecule has 1 N–H and O–H groups in total. The largest absolute Gasteiger partial charge is 0.295 e. The molecule has 1 aliphatic rings. The number of halogens is 1. The summed E-state index contributed by atoms with van der Waals surface area (Å²) in [5.41, 5.74) is 3.76. The zero-order valence-electron chi connectivity index (χ0n) is 14.2. The first-order valence-corrected chi connectivity index (χ1v) is 8.74. The quantitative estimate of drug-likeness (QED) is 0.715. The number of carbonyl (C=O) groups excluding carboxylic acids is 1. The molecule has 1 unspecified atom stereocenters. The van der Waals surface area contributed by atoms with Crippen LogP contribution in [0.4, 0.5) is 5.82 Å². The highest BCUT2D eigenvalue weighted by Gasteiger charge is 2.33. The Bertz CT molecular complexity index is 939. The zero-order valence-corrected chi connectivity index (χ0v) is 14.9. The van der Waals surface area contributed by atoms with E-state index in [0.717, 1.165) is 28.8 Å². The zero-order chi connectivity index (χ0) is 18.1. The van der Waals surface area contributed by atoms with E-state index in [4.69, 9.17) is 11.6 Å². The van der Waals surface area contributed by atoms with Gasteiger partial charge in [-0.25, -0.2) is 4.98 Å². The molecule has 0 aliphatic carbocycles. The minimum atomic E-state index is -0.0672. The highest BCUT2D eigenvalue weighted by molar-refractivity contribution is 6.29. The monoisotopic (exact) mass is 368 g/mol. The SMILES string of the molecule is Cc1cnncc1-c1cc(N2CCC(Cc3ccc(Cl)nc3)C2=O)n[nH]1. The molecule has 4 heterocycles. The van der Waals surface area contributed by atoms with Crippen LogP contribution in [-0.2, 0) is 11.2 Å². The Morgan fingerprint density at radius 2 is 2.12 bits per heavy atom. The van der Waals surface area contributed by atoms with Crippen molar-refractivity contribution in [2.75, 3.05) is 11.4 Å². The van der Waals surface area contributed by atoms with Crippen molar-refractivity contribution in [3.63, 3.8) is 0 Å². The molecule has 0 aromatic carbocycles. The number of aromatic nitrogens is 5. The molecule has 1 aliphatic heterocycles. The van der Waals surface area contributed by atoms with E-state index in [2.05, 4.69) is 25.4 Å². The number of hydrogen-bond acceptors (Lipinski definition) is 5. The van der Waals surface area contributed by atoms with Crippen molar-refractivity contribution < 1.29 is 4.79 Å². The van der Waals surface area contributed by atoms with E-state index in [1.54, 1.807) is 29.6 Å². The van der Waals surface area contributed by atoms with Crippen LogP contribution in [0.2, 0.25) is 5.15 Å². The van der Waals surface area contributed by atoms with Gasteiger partial charge in [-0.1, -0.05) is 17.7 Å². The fourth-order valence-electron chi connectivity index (χ4n) is 3.22. The van der Waals surface area contributed by atoms with Crippen LogP contribution in [0.3, 0.4) is 0 Å². The number of aryl methyl sites for hydroxylation is 1. The summed E-state index contributed by atoms with van der Waals surface area (Å²) >= 11 is 5.82. The molecule has 132 valence electrons. The lowest BCUT2D eigenvalue weighted by Gasteiger charge is -2.13. The van der Waals surface area contributed by atoms with Gasteiger partial charge in [0.15, 0.2) is 5.82 Å². The Hall–Kier alpha value is -2.80. The second-order valence-corrected chi connectivity index (χ2v) is 6.78. The maximum absolute atomic E-state index is 12.8. The molecule has 0 spiro atoms. The van der Waals surface area contributed by atoms with E-state index in [0.29, 0.717) is 23.9 Å². The highest BCUT2D eigenvalue weighted by atomic mass is 35.5. The van der Waals surface area contributed by atoms with Gasteiger partial charge < -0.3 is 0 Å². The Labute approximate surface area is 155 Å². The number of anilines is 1. The van der Waals surface area contributed by atoms with Gasteiger partial charge in [-0.05, 0) is 37.0 Å². The molecule has 0 bridgehead atoms. The number of nitrogens with zero attached hydrogens (tertiary/aromatic N) is 5. The van der Waals surface area contributed by atoms with Crippen molar-refractivity contribution in [2.45, 2.75) is 19.8 Å². The van der Waals surface area contributed by atoms with Crippen LogP contribution in [0.25, 0.3) is 11.3 Å². The predicted octanol–water partition coefficient (Wildman–Crippen LogP) is 2.82. The van der Waals surface area contributed by atoms with Gasteiger partial charge in [0.1, 0.15) is 5.15 Å². The van der Waals surface area contributed by atoms with Crippen molar-refractivity contribution in [2.24, 2.45) is 5.92 Å². The first-order chi connectivity index (χ1) is 12.6. The van der Waals surface area contributed by atoms with E-state index < -0.39 is 0 Å². The molecule has 3 aromatic heterocycles. The lowest BCUT2D eigenvalue weighted by molar-refractivity contribution is -0.120. The highest BCUT2D eigenvalue weighted by Crippen LogP contribution is 2.29. The van der Waals surface area contributed by atoms with Crippen LogP contribution in [0.1, 0.15) is 17.5 Å². The summed E-state index contributed by atoms with van der Waals surface area (Å²) in [4.78, 5) is 18.6. The maximum atomic E-state index is 12.8. The molecule has 7 nitrogen and oxygen atoms in total. The Kier molecular flexibility index (Phi) is 4.38. The molecule has 3 aromatic rings. The summed E-state index contributed by atoms with van der Waals surface area (Å²) in [6.07, 6.45) is 6.57. The van der Waals surface area contributed by atoms with Gasteiger partial charge in [0.2, 0.25) is 5.91 Å². The Balaban J connectivity index is 1.50. The smallest absolute Gasteiger partial charge is 0.231 e. The summed E-state index contributed by atoms with van der Waals surface area (Å²) in [5, 5.41) is 15.5.